The summed E-state index contributed by atoms with van der Waals surface area (Å²) in [5.41, 5.74) is 4.20. The Morgan fingerprint density at radius 1 is 1.29 bits per heavy atom. The van der Waals surface area contributed by atoms with Crippen LogP contribution in [0.2, 0.25) is 0 Å². The van der Waals surface area contributed by atoms with Crippen molar-refractivity contribution < 1.29 is 4.74 Å². The molecule has 0 unspecified atom stereocenters. The van der Waals surface area contributed by atoms with Gasteiger partial charge >= 0.3 is 0 Å². The SMILES string of the molecule is CC(C)COc1ccc2[nH]c3c(c2c1)CCC3. The average molecular weight is 229 g/mol. The predicted octanol–water partition coefficient (Wildman–Crippen LogP) is 3.69. The maximum atomic E-state index is 5.79. The van der Waals surface area contributed by atoms with E-state index in [0.717, 1.165) is 12.4 Å². The van der Waals surface area contributed by atoms with Gasteiger partial charge in [-0.1, -0.05) is 13.8 Å². The summed E-state index contributed by atoms with van der Waals surface area (Å²) in [7, 11) is 0. The van der Waals surface area contributed by atoms with E-state index >= 15 is 0 Å². The van der Waals surface area contributed by atoms with Gasteiger partial charge in [0.2, 0.25) is 0 Å². The molecule has 2 heteroatoms. The first kappa shape index (κ1) is 10.7. The van der Waals surface area contributed by atoms with E-state index in [0.29, 0.717) is 5.92 Å². The number of hydrogen-bond acceptors (Lipinski definition) is 1. The van der Waals surface area contributed by atoms with E-state index in [9.17, 15) is 0 Å². The summed E-state index contributed by atoms with van der Waals surface area (Å²) in [4.78, 5) is 3.51. The van der Waals surface area contributed by atoms with Crippen LogP contribution >= 0.6 is 0 Å². The molecule has 0 saturated heterocycles. The molecule has 2 nitrogen and oxygen atoms in total. The quantitative estimate of drug-likeness (QED) is 0.853. The van der Waals surface area contributed by atoms with E-state index in [1.54, 1.807) is 0 Å². The van der Waals surface area contributed by atoms with Gasteiger partial charge in [-0.2, -0.15) is 0 Å². The fourth-order valence-electron chi connectivity index (χ4n) is 2.58. The maximum Gasteiger partial charge on any atom is 0.120 e. The Labute approximate surface area is 102 Å². The van der Waals surface area contributed by atoms with Crippen LogP contribution in [-0.4, -0.2) is 11.6 Å². The van der Waals surface area contributed by atoms with Gasteiger partial charge in [0.25, 0.3) is 0 Å². The van der Waals surface area contributed by atoms with Gasteiger partial charge in [0.1, 0.15) is 5.75 Å². The number of ether oxygens (including phenoxy) is 1. The summed E-state index contributed by atoms with van der Waals surface area (Å²) in [6.07, 6.45) is 3.70. The second-order valence-electron chi connectivity index (χ2n) is 5.35. The van der Waals surface area contributed by atoms with E-state index in [1.165, 1.54) is 41.4 Å². The van der Waals surface area contributed by atoms with E-state index < -0.39 is 0 Å². The van der Waals surface area contributed by atoms with Crippen LogP contribution in [-0.2, 0) is 12.8 Å². The van der Waals surface area contributed by atoms with Gasteiger partial charge in [-0.25, -0.2) is 0 Å². The largest absolute Gasteiger partial charge is 0.493 e. The molecular formula is C15H19NO. The molecule has 0 saturated carbocycles. The zero-order valence-corrected chi connectivity index (χ0v) is 10.5. The third-order valence-corrected chi connectivity index (χ3v) is 3.40. The van der Waals surface area contributed by atoms with Gasteiger partial charge in [0.15, 0.2) is 0 Å². The van der Waals surface area contributed by atoms with Crippen molar-refractivity contribution in [3.63, 3.8) is 0 Å². The highest BCUT2D eigenvalue weighted by Gasteiger charge is 2.16. The lowest BCUT2D eigenvalue weighted by Crippen LogP contribution is -2.04. The van der Waals surface area contributed by atoms with Gasteiger partial charge in [-0.05, 0) is 48.9 Å². The second kappa shape index (κ2) is 4.10. The Kier molecular flexibility index (Phi) is 2.58. The van der Waals surface area contributed by atoms with Crippen LogP contribution in [0.4, 0.5) is 0 Å². The highest BCUT2D eigenvalue weighted by atomic mass is 16.5. The highest BCUT2D eigenvalue weighted by molar-refractivity contribution is 5.86. The van der Waals surface area contributed by atoms with Crippen LogP contribution in [0.5, 0.6) is 5.75 Å². The van der Waals surface area contributed by atoms with Gasteiger partial charge < -0.3 is 9.72 Å². The van der Waals surface area contributed by atoms with Crippen molar-refractivity contribution in [2.75, 3.05) is 6.61 Å². The fourth-order valence-corrected chi connectivity index (χ4v) is 2.58. The second-order valence-corrected chi connectivity index (χ2v) is 5.35. The molecule has 17 heavy (non-hydrogen) atoms. The zero-order valence-electron chi connectivity index (χ0n) is 10.5. The molecule has 3 rings (SSSR count). The summed E-state index contributed by atoms with van der Waals surface area (Å²) in [6.45, 7) is 5.14. The van der Waals surface area contributed by atoms with Crippen molar-refractivity contribution in [2.24, 2.45) is 5.92 Å². The number of nitrogens with one attached hydrogen (secondary N) is 1. The molecule has 1 N–H and O–H groups in total. The van der Waals surface area contributed by atoms with Crippen molar-refractivity contribution in [3.05, 3.63) is 29.5 Å². The van der Waals surface area contributed by atoms with Crippen molar-refractivity contribution in [1.29, 1.82) is 0 Å². The monoisotopic (exact) mass is 229 g/mol. The first-order chi connectivity index (χ1) is 8.24. The molecule has 0 radical (unpaired) electrons. The number of aromatic nitrogens is 1. The Morgan fingerprint density at radius 3 is 3.00 bits per heavy atom. The predicted molar refractivity (Wildman–Crippen MR) is 70.7 cm³/mol. The Balaban J connectivity index is 1.94. The topological polar surface area (TPSA) is 25.0 Å². The molecule has 90 valence electrons. The number of aromatic amines is 1. The molecule has 1 aliphatic carbocycles. The normalized spacial score (nSPS) is 14.5. The molecule has 0 aliphatic heterocycles. The Bertz CT molecular complexity index is 539. The number of fused-ring (bicyclic) bond motifs is 3. The number of H-pyrrole nitrogens is 1. The van der Waals surface area contributed by atoms with Crippen molar-refractivity contribution in [1.82, 2.24) is 4.98 Å². The Morgan fingerprint density at radius 2 is 2.18 bits per heavy atom. The number of hydrogen-bond donors (Lipinski definition) is 1. The van der Waals surface area contributed by atoms with E-state index in [2.05, 4.69) is 37.0 Å². The average Bonchev–Trinajstić information content (AvgIpc) is 2.86. The van der Waals surface area contributed by atoms with Gasteiger partial charge in [0, 0.05) is 16.6 Å². The third-order valence-electron chi connectivity index (χ3n) is 3.40. The Hall–Kier alpha value is -1.44. The summed E-state index contributed by atoms with van der Waals surface area (Å²) in [5.74, 6) is 1.57. The lowest BCUT2D eigenvalue weighted by molar-refractivity contribution is 0.271. The van der Waals surface area contributed by atoms with Crippen molar-refractivity contribution >= 4 is 10.9 Å². The molecule has 0 amide bonds. The van der Waals surface area contributed by atoms with Crippen LogP contribution < -0.4 is 4.74 Å². The smallest absolute Gasteiger partial charge is 0.120 e. The van der Waals surface area contributed by atoms with Crippen LogP contribution in [0.1, 0.15) is 31.5 Å². The van der Waals surface area contributed by atoms with E-state index in [-0.39, 0.29) is 0 Å². The summed E-state index contributed by atoms with van der Waals surface area (Å²) in [5, 5.41) is 1.36. The lowest BCUT2D eigenvalue weighted by Gasteiger charge is -2.08. The summed E-state index contributed by atoms with van der Waals surface area (Å²) in [6, 6.07) is 6.40. The van der Waals surface area contributed by atoms with E-state index in [4.69, 9.17) is 4.74 Å². The molecular weight excluding hydrogens is 210 g/mol. The first-order valence-corrected chi connectivity index (χ1v) is 6.50. The van der Waals surface area contributed by atoms with Crippen LogP contribution in [0.15, 0.2) is 18.2 Å². The van der Waals surface area contributed by atoms with Crippen LogP contribution in [0, 0.1) is 5.92 Å². The molecule has 2 aromatic rings. The zero-order chi connectivity index (χ0) is 11.8. The van der Waals surface area contributed by atoms with Gasteiger partial charge in [0.05, 0.1) is 6.61 Å². The minimum atomic E-state index is 0.572. The molecule has 1 aromatic heterocycles. The number of aryl methyl sites for hydroxylation is 2. The van der Waals surface area contributed by atoms with Crippen molar-refractivity contribution in [2.45, 2.75) is 33.1 Å². The fraction of sp³-hybridized carbons (Fsp3) is 0.467. The van der Waals surface area contributed by atoms with Gasteiger partial charge in [-0.15, -0.1) is 0 Å². The van der Waals surface area contributed by atoms with Crippen LogP contribution in [0.25, 0.3) is 10.9 Å². The summed E-state index contributed by atoms with van der Waals surface area (Å²) >= 11 is 0. The first-order valence-electron chi connectivity index (χ1n) is 6.50. The van der Waals surface area contributed by atoms with E-state index in [1.807, 2.05) is 0 Å². The third kappa shape index (κ3) is 1.92. The minimum absolute atomic E-state index is 0.572. The van der Waals surface area contributed by atoms with Crippen LogP contribution in [0.3, 0.4) is 0 Å². The molecule has 1 aliphatic rings. The number of rotatable bonds is 3. The number of benzene rings is 1. The minimum Gasteiger partial charge on any atom is -0.493 e. The standard InChI is InChI=1S/C15H19NO/c1-10(2)9-17-11-6-7-15-13(8-11)12-4-3-5-14(12)16-15/h6-8,10,16H,3-5,9H2,1-2H3. The molecule has 1 heterocycles. The van der Waals surface area contributed by atoms with Crippen molar-refractivity contribution in [3.8, 4) is 5.75 Å². The molecule has 0 spiro atoms. The molecule has 0 fully saturated rings. The maximum absolute atomic E-state index is 5.79. The highest BCUT2D eigenvalue weighted by Crippen LogP contribution is 2.32. The molecule has 1 aromatic carbocycles. The van der Waals surface area contributed by atoms with Gasteiger partial charge in [-0.3, -0.25) is 0 Å². The summed E-state index contributed by atoms with van der Waals surface area (Å²) < 4.78 is 5.79. The lowest BCUT2D eigenvalue weighted by atomic mass is 10.1. The molecule has 0 atom stereocenters. The molecule has 0 bridgehead atoms.